The van der Waals surface area contributed by atoms with Crippen LogP contribution in [-0.2, 0) is 22.4 Å². The maximum absolute atomic E-state index is 14.4. The van der Waals surface area contributed by atoms with Crippen molar-refractivity contribution in [1.29, 1.82) is 0 Å². The average Bonchev–Trinajstić information content (AvgIpc) is 2.87. The summed E-state index contributed by atoms with van der Waals surface area (Å²) in [5.41, 5.74) is 4.00. The van der Waals surface area contributed by atoms with Gasteiger partial charge in [0.15, 0.2) is 6.29 Å². The SMILES string of the molecule is COC(=O)[C@@H](C)Cc1ccc2c(c1)OC(c1ccc(-c3cc(OC)ncc3F)c(C=O)c1)CC2. The fourth-order valence-electron chi connectivity index (χ4n) is 4.28. The van der Waals surface area contributed by atoms with E-state index in [2.05, 4.69) is 4.98 Å². The molecule has 3 aromatic rings. The Bertz CT molecular complexity index is 1230. The molecule has 4 rings (SSSR count). The number of hydrogen-bond acceptors (Lipinski definition) is 6. The van der Waals surface area contributed by atoms with E-state index >= 15 is 0 Å². The van der Waals surface area contributed by atoms with Gasteiger partial charge >= 0.3 is 5.97 Å². The zero-order chi connectivity index (χ0) is 24.2. The van der Waals surface area contributed by atoms with Crippen LogP contribution in [0.2, 0.25) is 0 Å². The summed E-state index contributed by atoms with van der Waals surface area (Å²) in [4.78, 5) is 27.5. The van der Waals surface area contributed by atoms with Crippen LogP contribution in [0.25, 0.3) is 11.1 Å². The van der Waals surface area contributed by atoms with Crippen LogP contribution in [-0.4, -0.2) is 31.5 Å². The second-order valence-corrected chi connectivity index (χ2v) is 8.39. The fraction of sp³-hybridized carbons (Fsp3) is 0.296. The predicted molar refractivity (Wildman–Crippen MR) is 125 cm³/mol. The molecule has 0 spiro atoms. The minimum atomic E-state index is -0.534. The first-order valence-corrected chi connectivity index (χ1v) is 11.1. The van der Waals surface area contributed by atoms with Crippen LogP contribution in [0, 0.1) is 11.7 Å². The van der Waals surface area contributed by atoms with Gasteiger partial charge in [-0.15, -0.1) is 0 Å². The number of esters is 1. The summed E-state index contributed by atoms with van der Waals surface area (Å²) in [7, 11) is 2.84. The van der Waals surface area contributed by atoms with Gasteiger partial charge in [0.05, 0.1) is 26.3 Å². The topological polar surface area (TPSA) is 74.7 Å². The van der Waals surface area contributed by atoms with E-state index in [9.17, 15) is 14.0 Å². The van der Waals surface area contributed by atoms with E-state index in [4.69, 9.17) is 14.2 Å². The monoisotopic (exact) mass is 463 g/mol. The van der Waals surface area contributed by atoms with E-state index in [0.717, 1.165) is 41.5 Å². The molecule has 0 saturated heterocycles. The minimum absolute atomic E-state index is 0.245. The van der Waals surface area contributed by atoms with Gasteiger partial charge in [0.25, 0.3) is 0 Å². The lowest BCUT2D eigenvalue weighted by Crippen LogP contribution is -2.17. The van der Waals surface area contributed by atoms with Gasteiger partial charge in [-0.25, -0.2) is 9.37 Å². The smallest absolute Gasteiger partial charge is 0.308 e. The largest absolute Gasteiger partial charge is 0.485 e. The lowest BCUT2D eigenvalue weighted by atomic mass is 9.92. The van der Waals surface area contributed by atoms with Gasteiger partial charge in [-0.05, 0) is 53.6 Å². The summed E-state index contributed by atoms with van der Waals surface area (Å²) in [6.07, 6.45) is 3.68. The molecule has 0 fully saturated rings. The zero-order valence-electron chi connectivity index (χ0n) is 19.3. The molecule has 2 aromatic carbocycles. The first-order valence-electron chi connectivity index (χ1n) is 11.1. The van der Waals surface area contributed by atoms with Crippen LogP contribution in [0.15, 0.2) is 48.7 Å². The number of hydrogen-bond donors (Lipinski definition) is 0. The summed E-state index contributed by atoms with van der Waals surface area (Å²) in [6, 6.07) is 12.8. The number of carbonyl (C=O) groups is 2. The van der Waals surface area contributed by atoms with Crippen molar-refractivity contribution < 1.29 is 28.2 Å². The molecule has 176 valence electrons. The van der Waals surface area contributed by atoms with Crippen LogP contribution < -0.4 is 9.47 Å². The molecular weight excluding hydrogens is 437 g/mol. The maximum atomic E-state index is 14.4. The number of nitrogens with zero attached hydrogens (tertiary/aromatic N) is 1. The molecule has 0 saturated carbocycles. The number of rotatable bonds is 7. The summed E-state index contributed by atoms with van der Waals surface area (Å²) in [6.45, 7) is 1.83. The van der Waals surface area contributed by atoms with Gasteiger partial charge in [-0.1, -0.05) is 31.2 Å². The molecule has 2 atom stereocenters. The Morgan fingerprint density at radius 1 is 1.21 bits per heavy atom. The number of benzene rings is 2. The molecule has 0 aliphatic carbocycles. The highest BCUT2D eigenvalue weighted by molar-refractivity contribution is 5.88. The van der Waals surface area contributed by atoms with Gasteiger partial charge in [0.1, 0.15) is 17.7 Å². The van der Waals surface area contributed by atoms with E-state index in [-0.39, 0.29) is 29.4 Å². The molecule has 0 radical (unpaired) electrons. The van der Waals surface area contributed by atoms with E-state index in [0.29, 0.717) is 23.8 Å². The van der Waals surface area contributed by atoms with Crippen molar-refractivity contribution in [2.75, 3.05) is 14.2 Å². The summed E-state index contributed by atoms with van der Waals surface area (Å²) in [5.74, 6) is 0.00104. The van der Waals surface area contributed by atoms with E-state index < -0.39 is 5.82 Å². The maximum Gasteiger partial charge on any atom is 0.308 e. The van der Waals surface area contributed by atoms with Crippen LogP contribution in [0.3, 0.4) is 0 Å². The number of ether oxygens (including phenoxy) is 3. The van der Waals surface area contributed by atoms with Crippen molar-refractivity contribution in [2.45, 2.75) is 32.3 Å². The second-order valence-electron chi connectivity index (χ2n) is 8.39. The highest BCUT2D eigenvalue weighted by Gasteiger charge is 2.24. The fourth-order valence-corrected chi connectivity index (χ4v) is 4.28. The summed E-state index contributed by atoms with van der Waals surface area (Å²) >= 11 is 0. The average molecular weight is 464 g/mol. The Labute approximate surface area is 197 Å². The van der Waals surface area contributed by atoms with E-state index in [1.54, 1.807) is 12.1 Å². The number of aldehydes is 1. The number of carbonyl (C=O) groups excluding carboxylic acids is 2. The quantitative estimate of drug-likeness (QED) is 0.357. The highest BCUT2D eigenvalue weighted by atomic mass is 19.1. The Morgan fingerprint density at radius 2 is 2.03 bits per heavy atom. The first kappa shape index (κ1) is 23.4. The molecule has 0 amide bonds. The number of aromatic nitrogens is 1. The number of pyridine rings is 1. The van der Waals surface area contributed by atoms with E-state index in [1.807, 2.05) is 31.2 Å². The summed E-state index contributed by atoms with van der Waals surface area (Å²) < 4.78 is 30.7. The van der Waals surface area contributed by atoms with Crippen LogP contribution in [0.4, 0.5) is 4.39 Å². The van der Waals surface area contributed by atoms with Crippen LogP contribution >= 0.6 is 0 Å². The normalized spacial score (nSPS) is 15.6. The molecule has 1 aliphatic rings. The Kier molecular flexibility index (Phi) is 6.91. The van der Waals surface area contributed by atoms with Crippen molar-refractivity contribution in [2.24, 2.45) is 5.92 Å². The summed E-state index contributed by atoms with van der Waals surface area (Å²) in [5, 5.41) is 0. The van der Waals surface area contributed by atoms with Gasteiger partial charge in [0, 0.05) is 17.2 Å². The van der Waals surface area contributed by atoms with Crippen LogP contribution in [0.1, 0.15) is 46.5 Å². The molecule has 0 bridgehead atoms. The van der Waals surface area contributed by atoms with Crippen LogP contribution in [0.5, 0.6) is 11.6 Å². The predicted octanol–water partition coefficient (Wildman–Crippen LogP) is 5.13. The molecule has 1 aromatic heterocycles. The third kappa shape index (κ3) is 4.78. The highest BCUT2D eigenvalue weighted by Crippen LogP contribution is 2.37. The van der Waals surface area contributed by atoms with Gasteiger partial charge in [-0.2, -0.15) is 0 Å². The number of halogens is 1. The molecule has 34 heavy (non-hydrogen) atoms. The van der Waals surface area contributed by atoms with Gasteiger partial charge in [0.2, 0.25) is 5.88 Å². The molecule has 1 aliphatic heterocycles. The third-order valence-electron chi connectivity index (χ3n) is 6.13. The molecule has 1 unspecified atom stereocenters. The lowest BCUT2D eigenvalue weighted by Gasteiger charge is -2.27. The second kappa shape index (κ2) is 10.0. The molecule has 2 heterocycles. The lowest BCUT2D eigenvalue weighted by molar-refractivity contribution is -0.144. The van der Waals surface area contributed by atoms with E-state index in [1.165, 1.54) is 20.3 Å². The standard InChI is InChI=1S/C27H26FNO5/c1-16(27(31)33-3)10-17-4-5-18-7-9-24(34-25(18)11-17)19-6-8-21(20(12-19)15-30)22-13-26(32-2)29-14-23(22)28/h4-6,8,11-16,24H,7,9-10H2,1-3H3/t16-,24?/m0/s1. The molecule has 6 nitrogen and oxygen atoms in total. The third-order valence-corrected chi connectivity index (χ3v) is 6.13. The first-order chi connectivity index (χ1) is 16.4. The Balaban J connectivity index is 1.59. The van der Waals surface area contributed by atoms with Crippen molar-refractivity contribution in [3.05, 3.63) is 76.7 Å². The van der Waals surface area contributed by atoms with Gasteiger partial charge in [-0.3, -0.25) is 9.59 Å². The van der Waals surface area contributed by atoms with Crippen molar-refractivity contribution >= 4 is 12.3 Å². The van der Waals surface area contributed by atoms with Gasteiger partial charge < -0.3 is 14.2 Å². The Hall–Kier alpha value is -3.74. The number of aryl methyl sites for hydroxylation is 1. The van der Waals surface area contributed by atoms with Crippen molar-refractivity contribution in [3.63, 3.8) is 0 Å². The minimum Gasteiger partial charge on any atom is -0.485 e. The Morgan fingerprint density at radius 3 is 2.76 bits per heavy atom. The van der Waals surface area contributed by atoms with Crippen molar-refractivity contribution in [1.82, 2.24) is 4.98 Å². The molecule has 0 N–H and O–H groups in total. The van der Waals surface area contributed by atoms with Crippen molar-refractivity contribution in [3.8, 4) is 22.8 Å². The molecule has 7 heteroatoms. The number of fused-ring (bicyclic) bond motifs is 1. The number of methoxy groups -OCH3 is 2. The molecular formula is C27H26FNO5. The zero-order valence-corrected chi connectivity index (χ0v) is 19.3.